The molecule has 0 spiro atoms. The molecule has 3 heterocycles. The summed E-state index contributed by atoms with van der Waals surface area (Å²) in [4.78, 5) is 17.4. The van der Waals surface area contributed by atoms with Gasteiger partial charge < -0.3 is 15.0 Å². The van der Waals surface area contributed by atoms with Crippen LogP contribution >= 0.6 is 23.1 Å². The number of carbonyl (C=O) groups excluding carboxylic acids is 1. The number of pyridine rings is 1. The number of hydrogen-bond donors (Lipinski definition) is 2. The van der Waals surface area contributed by atoms with Crippen LogP contribution in [0.15, 0.2) is 46.9 Å². The van der Waals surface area contributed by atoms with Crippen LogP contribution in [-0.4, -0.2) is 26.3 Å². The highest BCUT2D eigenvalue weighted by Crippen LogP contribution is 2.35. The third-order valence-electron chi connectivity index (χ3n) is 3.89. The lowest BCUT2D eigenvalue weighted by atomic mass is 10.2. The summed E-state index contributed by atoms with van der Waals surface area (Å²) in [5, 5.41) is 16.2. The molecule has 0 fully saturated rings. The molecule has 2 N–H and O–H groups in total. The van der Waals surface area contributed by atoms with E-state index in [-0.39, 0.29) is 17.5 Å². The highest BCUT2D eigenvalue weighted by molar-refractivity contribution is 8.00. The molecule has 0 unspecified atom stereocenters. The Hall–Kier alpha value is -2.25. The highest BCUT2D eigenvalue weighted by atomic mass is 32.2. The first-order valence-electron chi connectivity index (χ1n) is 7.81. The minimum atomic E-state index is -0.121. The van der Waals surface area contributed by atoms with Crippen LogP contribution in [0.25, 0.3) is 0 Å². The molecule has 1 amide bonds. The maximum atomic E-state index is 12.2. The number of nitrogens with one attached hydrogen (secondary N) is 1. The second-order valence-corrected chi connectivity index (χ2v) is 7.59. The number of anilines is 1. The van der Waals surface area contributed by atoms with Crippen LogP contribution in [-0.2, 0) is 11.3 Å². The Kier molecular flexibility index (Phi) is 5.45. The molecule has 0 aliphatic heterocycles. The summed E-state index contributed by atoms with van der Waals surface area (Å²) in [6.07, 6.45) is 1.64. The molecule has 0 aliphatic rings. The molecule has 0 saturated carbocycles. The zero-order valence-electron chi connectivity index (χ0n) is 14.0. The average Bonchev–Trinajstić information content (AvgIpc) is 3.19. The molecule has 3 aromatic rings. The standard InChI is InChI=1S/C18H19N3O2S2/c1-12-13(2)18(21(17(12)23)10-14-6-5-9-24-14)25-11-16(22)20-15-7-3-4-8-19-15/h3-9,23H,10-11H2,1-2H3,(H,19,20,22). The van der Waals surface area contributed by atoms with Crippen molar-refractivity contribution in [3.05, 3.63) is 57.9 Å². The van der Waals surface area contributed by atoms with Gasteiger partial charge in [-0.15, -0.1) is 11.3 Å². The molecular weight excluding hydrogens is 354 g/mol. The molecule has 3 rings (SSSR count). The molecular formula is C18H19N3O2S2. The molecule has 25 heavy (non-hydrogen) atoms. The van der Waals surface area contributed by atoms with Gasteiger partial charge in [0, 0.05) is 16.6 Å². The SMILES string of the molecule is Cc1c(C)c(SCC(=O)Nc2ccccn2)n(Cc2cccs2)c1O. The van der Waals surface area contributed by atoms with E-state index in [0.29, 0.717) is 12.4 Å². The summed E-state index contributed by atoms with van der Waals surface area (Å²) < 4.78 is 1.87. The molecule has 0 radical (unpaired) electrons. The number of amides is 1. The highest BCUT2D eigenvalue weighted by Gasteiger charge is 2.19. The first-order valence-corrected chi connectivity index (χ1v) is 9.67. The van der Waals surface area contributed by atoms with Gasteiger partial charge in [-0.3, -0.25) is 4.79 Å². The molecule has 0 atom stereocenters. The predicted octanol–water partition coefficient (Wildman–Crippen LogP) is 4.05. The molecule has 130 valence electrons. The minimum Gasteiger partial charge on any atom is -0.494 e. The second-order valence-electron chi connectivity index (χ2n) is 5.60. The quantitative estimate of drug-likeness (QED) is 0.640. The maximum Gasteiger partial charge on any atom is 0.235 e. The van der Waals surface area contributed by atoms with Crippen LogP contribution < -0.4 is 5.32 Å². The van der Waals surface area contributed by atoms with Gasteiger partial charge in [0.05, 0.1) is 17.3 Å². The van der Waals surface area contributed by atoms with Gasteiger partial charge in [0.25, 0.3) is 0 Å². The maximum absolute atomic E-state index is 12.2. The molecule has 0 bridgehead atoms. The molecule has 7 heteroatoms. The number of nitrogens with zero attached hydrogens (tertiary/aromatic N) is 2. The third kappa shape index (κ3) is 4.05. The topological polar surface area (TPSA) is 67.2 Å². The number of thioether (sulfide) groups is 1. The van der Waals surface area contributed by atoms with Crippen LogP contribution in [0.4, 0.5) is 5.82 Å². The Morgan fingerprint density at radius 1 is 1.28 bits per heavy atom. The third-order valence-corrected chi connectivity index (χ3v) is 5.95. The zero-order valence-corrected chi connectivity index (χ0v) is 15.7. The van der Waals surface area contributed by atoms with Gasteiger partial charge in [0.2, 0.25) is 5.91 Å². The Morgan fingerprint density at radius 2 is 2.12 bits per heavy atom. The van der Waals surface area contributed by atoms with Gasteiger partial charge in [-0.05, 0) is 43.0 Å². The van der Waals surface area contributed by atoms with E-state index in [9.17, 15) is 9.90 Å². The Labute approximate surface area is 154 Å². The monoisotopic (exact) mass is 373 g/mol. The van der Waals surface area contributed by atoms with Gasteiger partial charge in [-0.2, -0.15) is 0 Å². The normalized spacial score (nSPS) is 10.8. The van der Waals surface area contributed by atoms with Gasteiger partial charge in [0.1, 0.15) is 5.82 Å². The van der Waals surface area contributed by atoms with Gasteiger partial charge in [-0.1, -0.05) is 23.9 Å². The van der Waals surface area contributed by atoms with Crippen molar-refractivity contribution in [2.24, 2.45) is 0 Å². The van der Waals surface area contributed by atoms with Gasteiger partial charge >= 0.3 is 0 Å². The minimum absolute atomic E-state index is 0.121. The fraction of sp³-hybridized carbons (Fsp3) is 0.222. The van der Waals surface area contributed by atoms with E-state index in [1.165, 1.54) is 11.8 Å². The molecule has 3 aromatic heterocycles. The lowest BCUT2D eigenvalue weighted by molar-refractivity contribution is -0.113. The Morgan fingerprint density at radius 3 is 2.80 bits per heavy atom. The largest absolute Gasteiger partial charge is 0.494 e. The summed E-state index contributed by atoms with van der Waals surface area (Å²) in [6.45, 7) is 4.47. The van der Waals surface area contributed by atoms with E-state index in [2.05, 4.69) is 10.3 Å². The molecule has 5 nitrogen and oxygen atoms in total. The van der Waals surface area contributed by atoms with Crippen molar-refractivity contribution in [2.45, 2.75) is 25.4 Å². The smallest absolute Gasteiger partial charge is 0.235 e. The fourth-order valence-electron chi connectivity index (χ4n) is 2.47. The molecule has 0 saturated heterocycles. The Balaban J connectivity index is 1.73. The van der Waals surface area contributed by atoms with Crippen LogP contribution in [0.5, 0.6) is 5.88 Å². The van der Waals surface area contributed by atoms with Crippen LogP contribution in [0.3, 0.4) is 0 Å². The van der Waals surface area contributed by atoms with Crippen LogP contribution in [0.1, 0.15) is 16.0 Å². The van der Waals surface area contributed by atoms with Crippen LogP contribution in [0.2, 0.25) is 0 Å². The van der Waals surface area contributed by atoms with E-state index in [1.54, 1.807) is 29.7 Å². The number of hydrogen-bond acceptors (Lipinski definition) is 5. The number of aromatic hydroxyl groups is 1. The lowest BCUT2D eigenvalue weighted by Gasteiger charge is -2.10. The predicted molar refractivity (Wildman–Crippen MR) is 103 cm³/mol. The number of aromatic nitrogens is 2. The number of rotatable bonds is 6. The summed E-state index contributed by atoms with van der Waals surface area (Å²) in [5.41, 5.74) is 1.86. The van der Waals surface area contributed by atoms with Crippen molar-refractivity contribution in [1.29, 1.82) is 0 Å². The summed E-state index contributed by atoms with van der Waals surface area (Å²) in [7, 11) is 0. The van der Waals surface area contributed by atoms with Crippen molar-refractivity contribution < 1.29 is 9.90 Å². The summed E-state index contributed by atoms with van der Waals surface area (Å²) in [6, 6.07) is 9.41. The van der Waals surface area contributed by atoms with Crippen molar-refractivity contribution >= 4 is 34.8 Å². The summed E-state index contributed by atoms with van der Waals surface area (Å²) in [5.74, 6) is 0.936. The summed E-state index contributed by atoms with van der Waals surface area (Å²) >= 11 is 3.07. The van der Waals surface area contributed by atoms with Crippen molar-refractivity contribution in [3.8, 4) is 5.88 Å². The van der Waals surface area contributed by atoms with Gasteiger partial charge in [-0.25, -0.2) is 4.98 Å². The number of thiophene rings is 1. The van der Waals surface area contributed by atoms with Crippen molar-refractivity contribution in [2.75, 3.05) is 11.1 Å². The first-order chi connectivity index (χ1) is 12.1. The first kappa shape index (κ1) is 17.6. The lowest BCUT2D eigenvalue weighted by Crippen LogP contribution is -2.15. The van der Waals surface area contributed by atoms with E-state index < -0.39 is 0 Å². The second kappa shape index (κ2) is 7.76. The van der Waals surface area contributed by atoms with E-state index in [0.717, 1.165) is 21.0 Å². The number of carbonyl (C=O) groups is 1. The molecule has 0 aliphatic carbocycles. The van der Waals surface area contributed by atoms with Crippen molar-refractivity contribution in [1.82, 2.24) is 9.55 Å². The van der Waals surface area contributed by atoms with Gasteiger partial charge in [0.15, 0.2) is 5.88 Å². The fourth-order valence-corrected chi connectivity index (χ4v) is 4.18. The van der Waals surface area contributed by atoms with E-state index in [1.807, 2.05) is 42.0 Å². The molecule has 0 aromatic carbocycles. The zero-order chi connectivity index (χ0) is 17.8. The van der Waals surface area contributed by atoms with E-state index in [4.69, 9.17) is 0 Å². The van der Waals surface area contributed by atoms with Crippen molar-refractivity contribution in [3.63, 3.8) is 0 Å². The van der Waals surface area contributed by atoms with E-state index >= 15 is 0 Å². The average molecular weight is 374 g/mol. The Bertz CT molecular complexity index is 858. The van der Waals surface area contributed by atoms with Crippen LogP contribution in [0, 0.1) is 13.8 Å².